The number of carbonyl (C=O) groups is 1. The lowest BCUT2D eigenvalue weighted by Gasteiger charge is -2.34. The Morgan fingerprint density at radius 1 is 1.50 bits per heavy atom. The molecule has 20 heavy (non-hydrogen) atoms. The molecule has 1 saturated heterocycles. The smallest absolute Gasteiger partial charge is 0.329 e. The second-order valence-electron chi connectivity index (χ2n) is 5.15. The van der Waals surface area contributed by atoms with Gasteiger partial charge in [0, 0.05) is 13.6 Å². The molecule has 1 aliphatic rings. The summed E-state index contributed by atoms with van der Waals surface area (Å²) >= 11 is 0. The maximum atomic E-state index is 11.8. The fourth-order valence-corrected chi connectivity index (χ4v) is 3.09. The molecule has 1 unspecified atom stereocenters. The number of nitrogens with zero attached hydrogens (tertiary/aromatic N) is 5. The lowest BCUT2D eigenvalue weighted by Crippen LogP contribution is -2.50. The third-order valence-corrected chi connectivity index (χ3v) is 4.24. The molecule has 0 bridgehead atoms. The third-order valence-electron chi connectivity index (χ3n) is 4.24. The molecule has 0 amide bonds. The van der Waals surface area contributed by atoms with Crippen LogP contribution in [0.15, 0.2) is 12.5 Å². The monoisotopic (exact) mass is 275 g/mol. The maximum absolute atomic E-state index is 11.8. The Bertz CT molecular complexity index is 668. The first-order chi connectivity index (χ1) is 9.60. The highest BCUT2D eigenvalue weighted by atomic mass is 16.4. The maximum Gasteiger partial charge on any atom is 0.329 e. The number of hydrogen-bond donors (Lipinski definition) is 1. The molecule has 0 radical (unpaired) electrons. The van der Waals surface area contributed by atoms with Crippen molar-refractivity contribution in [2.45, 2.75) is 31.7 Å². The van der Waals surface area contributed by atoms with Gasteiger partial charge < -0.3 is 10.0 Å². The number of fused-ring (bicyclic) bond motifs is 1. The zero-order valence-electron chi connectivity index (χ0n) is 11.6. The van der Waals surface area contributed by atoms with Crippen LogP contribution < -0.4 is 4.90 Å². The van der Waals surface area contributed by atoms with Gasteiger partial charge in [0.05, 0.1) is 11.6 Å². The minimum Gasteiger partial charge on any atom is -0.479 e. The number of anilines is 1. The largest absolute Gasteiger partial charge is 0.479 e. The second kappa shape index (κ2) is 4.43. The summed E-state index contributed by atoms with van der Waals surface area (Å²) in [4.78, 5) is 22.2. The first kappa shape index (κ1) is 12.8. The molecule has 0 aromatic carbocycles. The summed E-state index contributed by atoms with van der Waals surface area (Å²) in [6.45, 7) is 2.61. The van der Waals surface area contributed by atoms with Crippen LogP contribution in [0, 0.1) is 0 Å². The van der Waals surface area contributed by atoms with Crippen LogP contribution in [0.1, 0.15) is 26.2 Å². The van der Waals surface area contributed by atoms with Gasteiger partial charge in [-0.2, -0.15) is 5.10 Å². The summed E-state index contributed by atoms with van der Waals surface area (Å²) in [5.74, 6) is -0.113. The molecule has 0 saturated carbocycles. The number of aliphatic carboxylic acids is 1. The van der Waals surface area contributed by atoms with Gasteiger partial charge in [-0.15, -0.1) is 0 Å². The molecule has 3 rings (SSSR count). The highest BCUT2D eigenvalue weighted by Gasteiger charge is 2.47. The molecular weight excluding hydrogens is 258 g/mol. The quantitative estimate of drug-likeness (QED) is 0.906. The van der Waals surface area contributed by atoms with E-state index in [2.05, 4.69) is 15.1 Å². The van der Waals surface area contributed by atoms with Crippen LogP contribution in [0.4, 0.5) is 5.82 Å². The predicted octanol–water partition coefficient (Wildman–Crippen LogP) is 1.20. The van der Waals surface area contributed by atoms with Gasteiger partial charge in [0.1, 0.15) is 17.7 Å². The van der Waals surface area contributed by atoms with E-state index in [1.807, 2.05) is 18.9 Å². The Morgan fingerprint density at radius 2 is 2.30 bits per heavy atom. The van der Waals surface area contributed by atoms with Crippen LogP contribution in [0.5, 0.6) is 0 Å². The fourth-order valence-electron chi connectivity index (χ4n) is 3.09. The highest BCUT2D eigenvalue weighted by Crippen LogP contribution is 2.38. The second-order valence-corrected chi connectivity index (χ2v) is 5.15. The van der Waals surface area contributed by atoms with Crippen LogP contribution in [0.2, 0.25) is 0 Å². The van der Waals surface area contributed by atoms with Crippen LogP contribution >= 0.6 is 0 Å². The normalized spacial score (nSPS) is 22.6. The van der Waals surface area contributed by atoms with Crippen molar-refractivity contribution >= 4 is 22.8 Å². The van der Waals surface area contributed by atoms with Crippen molar-refractivity contribution < 1.29 is 9.90 Å². The van der Waals surface area contributed by atoms with Gasteiger partial charge in [-0.25, -0.2) is 14.8 Å². The van der Waals surface area contributed by atoms with E-state index in [4.69, 9.17) is 0 Å². The average molecular weight is 275 g/mol. The van der Waals surface area contributed by atoms with Crippen molar-refractivity contribution in [3.8, 4) is 0 Å². The number of aryl methyl sites for hydroxylation is 1. The number of carboxylic acids is 1. The van der Waals surface area contributed by atoms with Crippen LogP contribution in [-0.2, 0) is 11.8 Å². The molecule has 7 nitrogen and oxygen atoms in total. The predicted molar refractivity (Wildman–Crippen MR) is 73.5 cm³/mol. The molecule has 106 valence electrons. The van der Waals surface area contributed by atoms with Crippen LogP contribution in [0.25, 0.3) is 11.0 Å². The van der Waals surface area contributed by atoms with Gasteiger partial charge in [-0.3, -0.25) is 4.68 Å². The number of hydrogen-bond acceptors (Lipinski definition) is 5. The minimum atomic E-state index is -0.864. The van der Waals surface area contributed by atoms with E-state index in [9.17, 15) is 9.90 Å². The average Bonchev–Trinajstić information content (AvgIpc) is 3.03. The summed E-state index contributed by atoms with van der Waals surface area (Å²) in [5, 5.41) is 14.7. The number of aromatic nitrogens is 4. The zero-order valence-corrected chi connectivity index (χ0v) is 11.6. The van der Waals surface area contributed by atoms with E-state index >= 15 is 0 Å². The van der Waals surface area contributed by atoms with Crippen molar-refractivity contribution in [2.75, 3.05) is 11.4 Å². The van der Waals surface area contributed by atoms with Gasteiger partial charge in [-0.1, -0.05) is 6.92 Å². The third kappa shape index (κ3) is 1.59. The molecule has 2 aromatic rings. The lowest BCUT2D eigenvalue weighted by molar-refractivity contribution is -0.143. The Morgan fingerprint density at radius 3 is 3.00 bits per heavy atom. The van der Waals surface area contributed by atoms with Crippen molar-refractivity contribution in [2.24, 2.45) is 7.05 Å². The van der Waals surface area contributed by atoms with E-state index in [0.29, 0.717) is 25.2 Å². The molecule has 1 fully saturated rings. The zero-order chi connectivity index (χ0) is 14.3. The summed E-state index contributed by atoms with van der Waals surface area (Å²) in [7, 11) is 1.81. The van der Waals surface area contributed by atoms with Crippen LogP contribution in [-0.4, -0.2) is 42.9 Å². The van der Waals surface area contributed by atoms with Gasteiger partial charge in [-0.05, 0) is 19.3 Å². The summed E-state index contributed by atoms with van der Waals surface area (Å²) in [6.07, 6.45) is 5.22. The van der Waals surface area contributed by atoms with Gasteiger partial charge in [0.2, 0.25) is 0 Å². The Hall–Kier alpha value is -2.18. The summed E-state index contributed by atoms with van der Waals surface area (Å²) in [5.41, 5.74) is -0.144. The minimum absolute atomic E-state index is 0.550. The molecule has 1 aliphatic heterocycles. The first-order valence-electron chi connectivity index (χ1n) is 6.74. The van der Waals surface area contributed by atoms with Crippen molar-refractivity contribution in [1.82, 2.24) is 19.7 Å². The highest BCUT2D eigenvalue weighted by molar-refractivity contribution is 5.91. The topological polar surface area (TPSA) is 84.1 Å². The molecule has 7 heteroatoms. The Kier molecular flexibility index (Phi) is 2.84. The van der Waals surface area contributed by atoms with Gasteiger partial charge in [0.25, 0.3) is 0 Å². The van der Waals surface area contributed by atoms with Gasteiger partial charge >= 0.3 is 5.97 Å². The van der Waals surface area contributed by atoms with Crippen molar-refractivity contribution in [3.63, 3.8) is 0 Å². The molecule has 3 heterocycles. The fraction of sp³-hybridized carbons (Fsp3) is 0.538. The molecule has 2 aromatic heterocycles. The van der Waals surface area contributed by atoms with E-state index in [-0.39, 0.29) is 0 Å². The first-order valence-corrected chi connectivity index (χ1v) is 6.74. The Balaban J connectivity index is 2.17. The van der Waals surface area contributed by atoms with E-state index in [1.165, 1.54) is 6.33 Å². The number of rotatable bonds is 3. The summed E-state index contributed by atoms with van der Waals surface area (Å²) in [6, 6.07) is 0. The molecule has 0 spiro atoms. The standard InChI is InChI=1S/C13H17N5O2/c1-3-13(12(19)20)5-4-6-18(13)11-9-7-16-17(2)10(9)14-8-15-11/h7-8H,3-6H2,1-2H3,(H,19,20). The SMILES string of the molecule is CCC1(C(=O)O)CCCN1c1ncnc2c1cnn2C. The molecule has 1 N–H and O–H groups in total. The molecule has 0 aliphatic carbocycles. The Labute approximate surface area is 116 Å². The van der Waals surface area contributed by atoms with E-state index in [1.54, 1.807) is 10.9 Å². The summed E-state index contributed by atoms with van der Waals surface area (Å²) < 4.78 is 1.67. The molecule has 1 atom stereocenters. The van der Waals surface area contributed by atoms with E-state index in [0.717, 1.165) is 17.5 Å². The number of carboxylic acid groups (broad SMARTS) is 1. The van der Waals surface area contributed by atoms with Crippen LogP contribution in [0.3, 0.4) is 0 Å². The van der Waals surface area contributed by atoms with E-state index < -0.39 is 11.5 Å². The lowest BCUT2D eigenvalue weighted by atomic mass is 9.93. The van der Waals surface area contributed by atoms with Crippen molar-refractivity contribution in [1.29, 1.82) is 0 Å². The van der Waals surface area contributed by atoms with Gasteiger partial charge in [0.15, 0.2) is 5.65 Å². The molecular formula is C13H17N5O2. The van der Waals surface area contributed by atoms with Crippen molar-refractivity contribution in [3.05, 3.63) is 12.5 Å².